The molecule has 0 saturated heterocycles. The lowest BCUT2D eigenvalue weighted by molar-refractivity contribution is -0.116. The molecule has 1 aliphatic rings. The minimum atomic E-state index is 0.163. The third-order valence-electron chi connectivity index (χ3n) is 3.07. The van der Waals surface area contributed by atoms with Crippen molar-refractivity contribution in [3.8, 4) is 0 Å². The van der Waals surface area contributed by atoms with Crippen LogP contribution >= 0.6 is 0 Å². The topological polar surface area (TPSA) is 17.1 Å². The van der Waals surface area contributed by atoms with Gasteiger partial charge in [-0.1, -0.05) is 43.9 Å². The van der Waals surface area contributed by atoms with Crippen LogP contribution in [0.5, 0.6) is 0 Å². The maximum absolute atomic E-state index is 11.4. The molecule has 0 N–H and O–H groups in total. The lowest BCUT2D eigenvalue weighted by Crippen LogP contribution is -2.07. The Morgan fingerprint density at radius 3 is 2.87 bits per heavy atom. The van der Waals surface area contributed by atoms with Crippen molar-refractivity contribution in [1.82, 2.24) is 0 Å². The number of hydrogen-bond acceptors (Lipinski definition) is 1. The highest BCUT2D eigenvalue weighted by Gasteiger charge is 2.20. The van der Waals surface area contributed by atoms with Gasteiger partial charge in [0, 0.05) is 5.92 Å². The molecule has 0 fully saturated rings. The molecule has 0 amide bonds. The lowest BCUT2D eigenvalue weighted by atomic mass is 9.96. The normalized spacial score (nSPS) is 21.3. The van der Waals surface area contributed by atoms with Gasteiger partial charge < -0.3 is 0 Å². The number of carbonyl (C=O) groups is 1. The van der Waals surface area contributed by atoms with E-state index in [-0.39, 0.29) is 11.7 Å². The average molecular weight is 206 g/mol. The molecule has 1 nitrogen and oxygen atoms in total. The zero-order valence-electron chi connectivity index (χ0n) is 9.96. The van der Waals surface area contributed by atoms with E-state index >= 15 is 0 Å². The summed E-state index contributed by atoms with van der Waals surface area (Å²) in [7, 11) is 0. The number of hydrogen-bond donors (Lipinski definition) is 0. The van der Waals surface area contributed by atoms with Crippen LogP contribution in [0.2, 0.25) is 0 Å². The standard InChI is InChI=1S/C14H22O/c1-3-4-5-6-7-9-12(2)13-10-8-11-14(13)15/h8-9,11,13H,3-7,10H2,1-2H3. The molecule has 0 aliphatic heterocycles. The van der Waals surface area contributed by atoms with Gasteiger partial charge in [0.1, 0.15) is 0 Å². The van der Waals surface area contributed by atoms with E-state index in [1.165, 1.54) is 31.3 Å². The van der Waals surface area contributed by atoms with Crippen molar-refractivity contribution in [3.63, 3.8) is 0 Å². The van der Waals surface area contributed by atoms with Crippen LogP contribution in [0.25, 0.3) is 0 Å². The number of carbonyl (C=O) groups excluding carboxylic acids is 1. The molecule has 1 heteroatoms. The van der Waals surface area contributed by atoms with Crippen LogP contribution in [0.15, 0.2) is 23.8 Å². The first-order chi connectivity index (χ1) is 7.25. The Balaban J connectivity index is 2.24. The summed E-state index contributed by atoms with van der Waals surface area (Å²) < 4.78 is 0. The second-order valence-corrected chi connectivity index (χ2v) is 4.39. The lowest BCUT2D eigenvalue weighted by Gasteiger charge is -2.08. The van der Waals surface area contributed by atoms with Gasteiger partial charge in [0.2, 0.25) is 0 Å². The van der Waals surface area contributed by atoms with E-state index in [1.54, 1.807) is 6.08 Å². The molecule has 1 atom stereocenters. The van der Waals surface area contributed by atoms with Crippen LogP contribution in [-0.4, -0.2) is 5.78 Å². The molecule has 0 radical (unpaired) electrons. The van der Waals surface area contributed by atoms with Crippen molar-refractivity contribution in [1.29, 1.82) is 0 Å². The van der Waals surface area contributed by atoms with E-state index < -0.39 is 0 Å². The van der Waals surface area contributed by atoms with Crippen molar-refractivity contribution in [3.05, 3.63) is 23.8 Å². The molecule has 0 spiro atoms. The van der Waals surface area contributed by atoms with Gasteiger partial charge in [0.15, 0.2) is 5.78 Å². The maximum atomic E-state index is 11.4. The van der Waals surface area contributed by atoms with Crippen LogP contribution in [-0.2, 0) is 4.79 Å². The van der Waals surface area contributed by atoms with Crippen LogP contribution in [0, 0.1) is 5.92 Å². The van der Waals surface area contributed by atoms with Gasteiger partial charge in [-0.15, -0.1) is 0 Å². The molecular formula is C14H22O. The molecule has 1 aliphatic carbocycles. The smallest absolute Gasteiger partial charge is 0.162 e. The fraction of sp³-hybridized carbons (Fsp3) is 0.643. The van der Waals surface area contributed by atoms with Crippen molar-refractivity contribution in [2.75, 3.05) is 0 Å². The van der Waals surface area contributed by atoms with Crippen molar-refractivity contribution in [2.24, 2.45) is 5.92 Å². The number of unbranched alkanes of at least 4 members (excludes halogenated alkanes) is 4. The van der Waals surface area contributed by atoms with Crippen molar-refractivity contribution in [2.45, 2.75) is 52.4 Å². The fourth-order valence-corrected chi connectivity index (χ4v) is 2.01. The Morgan fingerprint density at radius 1 is 1.47 bits per heavy atom. The summed E-state index contributed by atoms with van der Waals surface area (Å²) in [6.45, 7) is 4.32. The highest BCUT2D eigenvalue weighted by atomic mass is 16.1. The van der Waals surface area contributed by atoms with Gasteiger partial charge in [-0.2, -0.15) is 0 Å². The Morgan fingerprint density at radius 2 is 2.27 bits per heavy atom. The predicted molar refractivity (Wildman–Crippen MR) is 64.8 cm³/mol. The molecule has 0 aromatic carbocycles. The number of allylic oxidation sites excluding steroid dienone is 4. The van der Waals surface area contributed by atoms with Crippen molar-refractivity contribution < 1.29 is 4.79 Å². The third kappa shape index (κ3) is 4.03. The quantitative estimate of drug-likeness (QED) is 0.473. The van der Waals surface area contributed by atoms with Gasteiger partial charge in [-0.05, 0) is 32.3 Å². The Hall–Kier alpha value is -0.850. The molecular weight excluding hydrogens is 184 g/mol. The SMILES string of the molecule is CCCCCCC=C(C)C1CC=CC1=O. The fourth-order valence-electron chi connectivity index (χ4n) is 2.01. The maximum Gasteiger partial charge on any atom is 0.162 e. The molecule has 1 rings (SSSR count). The van der Waals surface area contributed by atoms with Crippen molar-refractivity contribution >= 4 is 5.78 Å². The highest BCUT2D eigenvalue weighted by Crippen LogP contribution is 2.23. The molecule has 1 unspecified atom stereocenters. The minimum Gasteiger partial charge on any atom is -0.294 e. The molecule has 0 aromatic rings. The van der Waals surface area contributed by atoms with E-state index in [1.807, 2.05) is 6.08 Å². The molecule has 15 heavy (non-hydrogen) atoms. The number of rotatable bonds is 6. The van der Waals surface area contributed by atoms with E-state index in [0.29, 0.717) is 0 Å². The van der Waals surface area contributed by atoms with Crippen LogP contribution in [0.4, 0.5) is 0 Å². The summed E-state index contributed by atoms with van der Waals surface area (Å²) in [6.07, 6.45) is 13.2. The molecule has 0 bridgehead atoms. The zero-order valence-corrected chi connectivity index (χ0v) is 9.96. The third-order valence-corrected chi connectivity index (χ3v) is 3.07. The van der Waals surface area contributed by atoms with E-state index in [9.17, 15) is 4.79 Å². The highest BCUT2D eigenvalue weighted by molar-refractivity contribution is 5.95. The summed E-state index contributed by atoms with van der Waals surface area (Å²) in [6, 6.07) is 0. The van der Waals surface area contributed by atoms with Gasteiger partial charge >= 0.3 is 0 Å². The first-order valence-corrected chi connectivity index (χ1v) is 6.12. The summed E-state index contributed by atoms with van der Waals surface area (Å²) in [5.41, 5.74) is 1.27. The summed E-state index contributed by atoms with van der Waals surface area (Å²) in [5.74, 6) is 0.452. The summed E-state index contributed by atoms with van der Waals surface area (Å²) >= 11 is 0. The molecule has 0 aromatic heterocycles. The Labute approximate surface area is 93.3 Å². The van der Waals surface area contributed by atoms with Crippen LogP contribution in [0.1, 0.15) is 52.4 Å². The largest absolute Gasteiger partial charge is 0.294 e. The van der Waals surface area contributed by atoms with Gasteiger partial charge in [0.25, 0.3) is 0 Å². The van der Waals surface area contributed by atoms with E-state index in [4.69, 9.17) is 0 Å². The summed E-state index contributed by atoms with van der Waals surface area (Å²) in [4.78, 5) is 11.4. The van der Waals surface area contributed by atoms with Gasteiger partial charge in [-0.25, -0.2) is 0 Å². The van der Waals surface area contributed by atoms with Gasteiger partial charge in [-0.3, -0.25) is 4.79 Å². The molecule has 0 saturated carbocycles. The first-order valence-electron chi connectivity index (χ1n) is 6.12. The first kappa shape index (κ1) is 12.2. The molecule has 84 valence electrons. The number of ketones is 1. The molecule has 0 heterocycles. The second-order valence-electron chi connectivity index (χ2n) is 4.39. The minimum absolute atomic E-state index is 0.163. The Bertz CT molecular complexity index is 261. The van der Waals surface area contributed by atoms with E-state index in [0.717, 1.165) is 12.8 Å². The van der Waals surface area contributed by atoms with Gasteiger partial charge in [0.05, 0.1) is 0 Å². The average Bonchev–Trinajstić information content (AvgIpc) is 2.64. The zero-order chi connectivity index (χ0) is 11.1. The Kier molecular flexibility index (Phi) is 5.38. The predicted octanol–water partition coefficient (Wildman–Crippen LogP) is 4.05. The van der Waals surface area contributed by atoms with E-state index in [2.05, 4.69) is 19.9 Å². The second kappa shape index (κ2) is 6.60. The summed E-state index contributed by atoms with van der Waals surface area (Å²) in [5, 5.41) is 0. The monoisotopic (exact) mass is 206 g/mol. The van der Waals surface area contributed by atoms with Crippen LogP contribution < -0.4 is 0 Å². The van der Waals surface area contributed by atoms with Crippen LogP contribution in [0.3, 0.4) is 0 Å².